The van der Waals surface area contributed by atoms with Gasteiger partial charge in [-0.05, 0) is 24.3 Å². The molecule has 0 aliphatic rings. The molecule has 0 unspecified atom stereocenters. The summed E-state index contributed by atoms with van der Waals surface area (Å²) in [5.74, 6) is -1.74. The van der Waals surface area contributed by atoms with Crippen molar-refractivity contribution in [1.29, 1.82) is 0 Å². The number of carbonyl (C=O) groups is 1. The van der Waals surface area contributed by atoms with Crippen LogP contribution in [0.5, 0.6) is 5.75 Å². The largest absolute Gasteiger partial charge is 0.494 e. The number of fused-ring (bicyclic) bond motifs is 1. The number of nitrogens with zero attached hydrogens (tertiary/aromatic N) is 1. The number of nitro groups is 1. The third-order valence-electron chi connectivity index (χ3n) is 3.63. The Hall–Kier alpha value is -3.62. The zero-order valence-electron chi connectivity index (χ0n) is 12.9. The van der Waals surface area contributed by atoms with Crippen LogP contribution in [0.25, 0.3) is 10.9 Å². The first-order valence-electron chi connectivity index (χ1n) is 7.04. The van der Waals surface area contributed by atoms with Crippen LogP contribution >= 0.6 is 0 Å². The molecule has 3 rings (SSSR count). The normalized spacial score (nSPS) is 10.6. The first kappa shape index (κ1) is 16.2. The summed E-state index contributed by atoms with van der Waals surface area (Å²) in [6, 6.07) is 8.11. The molecule has 2 aromatic carbocycles. The van der Waals surface area contributed by atoms with Crippen LogP contribution in [-0.2, 0) is 0 Å². The Balaban J connectivity index is 2.12. The predicted molar refractivity (Wildman–Crippen MR) is 88.1 cm³/mol. The van der Waals surface area contributed by atoms with Gasteiger partial charge in [0.2, 0.25) is 0 Å². The second kappa shape index (κ2) is 6.11. The van der Waals surface area contributed by atoms with E-state index in [1.807, 2.05) is 0 Å². The fourth-order valence-electron chi connectivity index (χ4n) is 2.47. The monoisotopic (exact) mass is 345 g/mol. The zero-order valence-corrected chi connectivity index (χ0v) is 12.9. The molecular formula is C16H12FN3O5. The van der Waals surface area contributed by atoms with Crippen LogP contribution in [0.2, 0.25) is 0 Å². The van der Waals surface area contributed by atoms with Gasteiger partial charge in [0.25, 0.3) is 5.69 Å². The molecule has 1 heterocycles. The summed E-state index contributed by atoms with van der Waals surface area (Å²) < 4.78 is 18.4. The molecule has 0 saturated carbocycles. The molecular weight excluding hydrogens is 333 g/mol. The second-order valence-corrected chi connectivity index (χ2v) is 5.14. The molecule has 0 atom stereocenters. The van der Waals surface area contributed by atoms with Gasteiger partial charge in [-0.25, -0.2) is 9.18 Å². The molecule has 128 valence electrons. The van der Waals surface area contributed by atoms with E-state index >= 15 is 0 Å². The Kier molecular flexibility index (Phi) is 3.97. The van der Waals surface area contributed by atoms with Crippen molar-refractivity contribution in [2.45, 2.75) is 0 Å². The molecule has 0 aliphatic carbocycles. The van der Waals surface area contributed by atoms with E-state index in [0.29, 0.717) is 16.8 Å². The van der Waals surface area contributed by atoms with Crippen LogP contribution in [0, 0.1) is 15.9 Å². The third kappa shape index (κ3) is 2.94. The van der Waals surface area contributed by atoms with Gasteiger partial charge in [0.15, 0.2) is 11.6 Å². The molecule has 1 aromatic heterocycles. The lowest BCUT2D eigenvalue weighted by molar-refractivity contribution is -0.383. The Morgan fingerprint density at radius 2 is 2.08 bits per heavy atom. The maximum Gasteiger partial charge on any atom is 0.352 e. The van der Waals surface area contributed by atoms with Gasteiger partial charge in [-0.15, -0.1) is 0 Å². The highest BCUT2D eigenvalue weighted by atomic mass is 19.1. The Bertz CT molecular complexity index is 999. The molecule has 0 saturated heterocycles. The van der Waals surface area contributed by atoms with E-state index in [4.69, 9.17) is 9.84 Å². The molecule has 0 aliphatic heterocycles. The summed E-state index contributed by atoms with van der Waals surface area (Å²) >= 11 is 0. The number of benzene rings is 2. The lowest BCUT2D eigenvalue weighted by Crippen LogP contribution is -1.96. The van der Waals surface area contributed by atoms with Crippen molar-refractivity contribution in [3.8, 4) is 5.75 Å². The van der Waals surface area contributed by atoms with Crippen LogP contribution in [-0.4, -0.2) is 28.1 Å². The Morgan fingerprint density at radius 3 is 2.72 bits per heavy atom. The van der Waals surface area contributed by atoms with Crippen LogP contribution in [0.4, 0.5) is 21.5 Å². The van der Waals surface area contributed by atoms with Crippen molar-refractivity contribution in [3.63, 3.8) is 0 Å². The van der Waals surface area contributed by atoms with E-state index < -0.39 is 16.7 Å². The van der Waals surface area contributed by atoms with Gasteiger partial charge in [-0.2, -0.15) is 0 Å². The summed E-state index contributed by atoms with van der Waals surface area (Å²) in [6.07, 6.45) is 0. The highest BCUT2D eigenvalue weighted by Crippen LogP contribution is 2.34. The van der Waals surface area contributed by atoms with E-state index in [0.717, 1.165) is 0 Å². The lowest BCUT2D eigenvalue weighted by atomic mass is 10.1. The van der Waals surface area contributed by atoms with E-state index in [9.17, 15) is 19.3 Å². The minimum absolute atomic E-state index is 0.0310. The van der Waals surface area contributed by atoms with Crippen molar-refractivity contribution in [3.05, 3.63) is 58.0 Å². The topological polar surface area (TPSA) is 117 Å². The van der Waals surface area contributed by atoms with Crippen LogP contribution in [0.1, 0.15) is 10.5 Å². The standard InChI is InChI=1S/C16H12FN3O5/c1-25-14-6-8(2-3-10(14)17)18-11-4-5-13(20(23)24)15-9(11)7-12(19-15)16(21)22/h2-7,18-19H,1H3,(H,21,22). The fourth-order valence-corrected chi connectivity index (χ4v) is 2.47. The number of aromatic nitrogens is 1. The van der Waals surface area contributed by atoms with Gasteiger partial charge in [0.1, 0.15) is 11.2 Å². The molecule has 3 N–H and O–H groups in total. The van der Waals surface area contributed by atoms with Crippen molar-refractivity contribution in [1.82, 2.24) is 4.98 Å². The highest BCUT2D eigenvalue weighted by molar-refractivity contribution is 6.03. The SMILES string of the molecule is COc1cc(Nc2ccc([N+](=O)[O-])c3[nH]c(C(=O)O)cc23)ccc1F. The number of aromatic amines is 1. The molecule has 0 fully saturated rings. The molecule has 9 heteroatoms. The first-order valence-corrected chi connectivity index (χ1v) is 7.04. The average molecular weight is 345 g/mol. The van der Waals surface area contributed by atoms with E-state index in [2.05, 4.69) is 10.3 Å². The predicted octanol–water partition coefficient (Wildman–Crippen LogP) is 3.67. The quantitative estimate of drug-likeness (QED) is 0.480. The number of methoxy groups -OCH3 is 1. The first-order chi connectivity index (χ1) is 11.9. The van der Waals surface area contributed by atoms with Crippen LogP contribution in [0.15, 0.2) is 36.4 Å². The summed E-state index contributed by atoms with van der Waals surface area (Å²) in [6.45, 7) is 0. The number of hydrogen-bond donors (Lipinski definition) is 3. The summed E-state index contributed by atoms with van der Waals surface area (Å²) in [4.78, 5) is 24.2. The third-order valence-corrected chi connectivity index (χ3v) is 3.63. The minimum Gasteiger partial charge on any atom is -0.494 e. The number of H-pyrrole nitrogens is 1. The maximum atomic E-state index is 13.5. The molecule has 0 radical (unpaired) electrons. The van der Waals surface area contributed by atoms with E-state index in [1.165, 1.54) is 43.5 Å². The van der Waals surface area contributed by atoms with E-state index in [-0.39, 0.29) is 22.6 Å². The maximum absolute atomic E-state index is 13.5. The molecule has 25 heavy (non-hydrogen) atoms. The smallest absolute Gasteiger partial charge is 0.352 e. The summed E-state index contributed by atoms with van der Waals surface area (Å²) in [5.41, 5.74) is 0.569. The van der Waals surface area contributed by atoms with Gasteiger partial charge in [0.05, 0.1) is 12.0 Å². The van der Waals surface area contributed by atoms with Crippen molar-refractivity contribution in [2.75, 3.05) is 12.4 Å². The molecule has 8 nitrogen and oxygen atoms in total. The van der Waals surface area contributed by atoms with Gasteiger partial charge < -0.3 is 20.1 Å². The number of nitrogens with one attached hydrogen (secondary N) is 2. The fraction of sp³-hybridized carbons (Fsp3) is 0.0625. The van der Waals surface area contributed by atoms with Gasteiger partial charge in [0, 0.05) is 28.9 Å². The summed E-state index contributed by atoms with van der Waals surface area (Å²) in [5, 5.41) is 23.6. The van der Waals surface area contributed by atoms with Crippen LogP contribution in [0.3, 0.4) is 0 Å². The van der Waals surface area contributed by atoms with Crippen molar-refractivity contribution >= 4 is 33.9 Å². The molecule has 0 bridgehead atoms. The molecule has 0 amide bonds. The number of rotatable bonds is 5. The number of hydrogen-bond acceptors (Lipinski definition) is 5. The number of aromatic carboxylic acids is 1. The number of carboxylic acids is 1. The van der Waals surface area contributed by atoms with E-state index in [1.54, 1.807) is 0 Å². The van der Waals surface area contributed by atoms with Crippen LogP contribution < -0.4 is 10.1 Å². The number of halogens is 1. The zero-order chi connectivity index (χ0) is 18.1. The average Bonchev–Trinajstić information content (AvgIpc) is 3.02. The molecule has 3 aromatic rings. The van der Waals surface area contributed by atoms with Gasteiger partial charge in [-0.3, -0.25) is 10.1 Å². The van der Waals surface area contributed by atoms with Crippen molar-refractivity contribution < 1.29 is 24.0 Å². The number of ether oxygens (including phenoxy) is 1. The number of non-ortho nitro benzene ring substituents is 1. The minimum atomic E-state index is -1.24. The summed E-state index contributed by atoms with van der Waals surface area (Å²) in [7, 11) is 1.33. The van der Waals surface area contributed by atoms with Crippen molar-refractivity contribution in [2.24, 2.45) is 0 Å². The highest BCUT2D eigenvalue weighted by Gasteiger charge is 2.19. The Labute approximate surface area is 140 Å². The number of carboxylic acid groups (broad SMARTS) is 1. The number of nitro benzene ring substituents is 1. The molecule has 0 spiro atoms. The number of anilines is 2. The van der Waals surface area contributed by atoms with Gasteiger partial charge >= 0.3 is 5.97 Å². The Morgan fingerprint density at radius 1 is 1.32 bits per heavy atom. The lowest BCUT2D eigenvalue weighted by Gasteiger charge is -2.10. The van der Waals surface area contributed by atoms with Gasteiger partial charge in [-0.1, -0.05) is 0 Å². The second-order valence-electron chi connectivity index (χ2n) is 5.14.